The van der Waals surface area contributed by atoms with Crippen molar-refractivity contribution < 1.29 is 9.90 Å². The molecule has 0 unspecified atom stereocenters. The van der Waals surface area contributed by atoms with Crippen molar-refractivity contribution >= 4 is 5.97 Å². The molecule has 82 valence electrons. The van der Waals surface area contributed by atoms with Gasteiger partial charge in [0.2, 0.25) is 0 Å². The number of hydrogen-bond acceptors (Lipinski definition) is 3. The Kier molecular flexibility index (Phi) is 2.70. The molecule has 5 heteroatoms. The second-order valence-electron chi connectivity index (χ2n) is 3.31. The second-order valence-corrected chi connectivity index (χ2v) is 3.31. The summed E-state index contributed by atoms with van der Waals surface area (Å²) in [5.41, 5.74) is 7.42. The van der Waals surface area contributed by atoms with Crippen molar-refractivity contribution in [3.05, 3.63) is 41.7 Å². The van der Waals surface area contributed by atoms with Crippen LogP contribution < -0.4 is 5.73 Å². The van der Waals surface area contributed by atoms with Crippen molar-refractivity contribution in [2.75, 3.05) is 0 Å². The molecule has 5 nitrogen and oxygen atoms in total. The summed E-state index contributed by atoms with van der Waals surface area (Å²) in [6.07, 6.45) is 1.30. The first-order valence-electron chi connectivity index (χ1n) is 4.79. The van der Waals surface area contributed by atoms with Gasteiger partial charge in [0.05, 0.1) is 6.20 Å². The third-order valence-corrected chi connectivity index (χ3v) is 2.30. The lowest BCUT2D eigenvalue weighted by molar-refractivity contribution is 0.0691. The molecule has 1 aromatic heterocycles. The maximum atomic E-state index is 10.7. The number of nitrogens with one attached hydrogen (secondary N) is 1. The van der Waals surface area contributed by atoms with E-state index in [-0.39, 0.29) is 5.69 Å². The smallest absolute Gasteiger partial charge is 0.353 e. The lowest BCUT2D eigenvalue weighted by atomic mass is 10.1. The fourth-order valence-electron chi connectivity index (χ4n) is 1.50. The van der Waals surface area contributed by atoms with E-state index in [4.69, 9.17) is 10.8 Å². The fourth-order valence-corrected chi connectivity index (χ4v) is 1.50. The number of nitrogens with two attached hydrogens (primary N) is 1. The number of carboxylic acids is 1. The summed E-state index contributed by atoms with van der Waals surface area (Å²) in [5.74, 6) is -0.498. The molecule has 4 N–H and O–H groups in total. The predicted octanol–water partition coefficient (Wildman–Crippen LogP) is 1.23. The van der Waals surface area contributed by atoms with Gasteiger partial charge in [-0.3, -0.25) is 0 Å². The van der Waals surface area contributed by atoms with Gasteiger partial charge in [-0.1, -0.05) is 24.3 Å². The van der Waals surface area contributed by atoms with E-state index >= 15 is 0 Å². The molecule has 0 bridgehead atoms. The second kappa shape index (κ2) is 4.16. The van der Waals surface area contributed by atoms with Crippen molar-refractivity contribution in [1.82, 2.24) is 9.97 Å². The van der Waals surface area contributed by atoms with Crippen molar-refractivity contribution in [3.8, 4) is 11.4 Å². The first-order chi connectivity index (χ1) is 7.72. The molecule has 0 spiro atoms. The monoisotopic (exact) mass is 217 g/mol. The number of nitrogens with zero attached hydrogens (tertiary/aromatic N) is 1. The number of carbonyl (C=O) groups is 1. The van der Waals surface area contributed by atoms with Crippen LogP contribution in [-0.2, 0) is 6.54 Å². The molecule has 0 radical (unpaired) electrons. The molecular weight excluding hydrogens is 206 g/mol. The highest BCUT2D eigenvalue weighted by Crippen LogP contribution is 2.20. The molecule has 2 rings (SSSR count). The van der Waals surface area contributed by atoms with Gasteiger partial charge < -0.3 is 15.8 Å². The summed E-state index contributed by atoms with van der Waals surface area (Å²) in [6.45, 7) is 0.388. The Morgan fingerprint density at radius 2 is 2.19 bits per heavy atom. The van der Waals surface area contributed by atoms with Gasteiger partial charge in [0.15, 0.2) is 0 Å². The SMILES string of the molecule is NCc1ccccc1-c1ncc(C(=O)O)[nH]1. The molecular formula is C11H11N3O2. The van der Waals surface area contributed by atoms with Crippen LogP contribution in [0, 0.1) is 0 Å². The molecule has 0 fully saturated rings. The lowest BCUT2D eigenvalue weighted by Crippen LogP contribution is -2.00. The number of H-pyrrole nitrogens is 1. The Labute approximate surface area is 91.9 Å². The number of aromatic amines is 1. The van der Waals surface area contributed by atoms with E-state index in [0.717, 1.165) is 11.1 Å². The molecule has 0 atom stereocenters. The van der Waals surface area contributed by atoms with E-state index in [1.807, 2.05) is 24.3 Å². The molecule has 0 saturated heterocycles. The number of aromatic nitrogens is 2. The summed E-state index contributed by atoms with van der Waals surface area (Å²) in [6, 6.07) is 7.48. The molecule has 0 aliphatic rings. The Balaban J connectivity index is 2.46. The van der Waals surface area contributed by atoms with Gasteiger partial charge in [-0.25, -0.2) is 9.78 Å². The number of aromatic carboxylic acids is 1. The molecule has 1 aromatic carbocycles. The summed E-state index contributed by atoms with van der Waals surface area (Å²) in [5, 5.41) is 8.78. The Morgan fingerprint density at radius 1 is 1.44 bits per heavy atom. The van der Waals surface area contributed by atoms with Gasteiger partial charge in [0, 0.05) is 12.1 Å². The quantitative estimate of drug-likeness (QED) is 0.721. The maximum absolute atomic E-state index is 10.7. The zero-order chi connectivity index (χ0) is 11.5. The average Bonchev–Trinajstić information content (AvgIpc) is 2.78. The lowest BCUT2D eigenvalue weighted by Gasteiger charge is -2.03. The first-order valence-corrected chi connectivity index (χ1v) is 4.79. The Bertz CT molecular complexity index is 519. The van der Waals surface area contributed by atoms with Gasteiger partial charge >= 0.3 is 5.97 Å². The minimum atomic E-state index is -1.02. The third kappa shape index (κ3) is 1.80. The summed E-state index contributed by atoms with van der Waals surface area (Å²) >= 11 is 0. The zero-order valence-electron chi connectivity index (χ0n) is 8.47. The molecule has 2 aromatic rings. The van der Waals surface area contributed by atoms with Crippen LogP contribution in [-0.4, -0.2) is 21.0 Å². The fraction of sp³-hybridized carbons (Fsp3) is 0.0909. The van der Waals surface area contributed by atoms with Crippen LogP contribution in [0.3, 0.4) is 0 Å². The van der Waals surface area contributed by atoms with Crippen LogP contribution in [0.2, 0.25) is 0 Å². The van der Waals surface area contributed by atoms with Crippen LogP contribution in [0.4, 0.5) is 0 Å². The van der Waals surface area contributed by atoms with E-state index in [1.54, 1.807) is 0 Å². The third-order valence-electron chi connectivity index (χ3n) is 2.30. The van der Waals surface area contributed by atoms with E-state index < -0.39 is 5.97 Å². The largest absolute Gasteiger partial charge is 0.477 e. The highest BCUT2D eigenvalue weighted by Gasteiger charge is 2.10. The molecule has 0 amide bonds. The maximum Gasteiger partial charge on any atom is 0.353 e. The molecule has 0 saturated carbocycles. The van der Waals surface area contributed by atoms with E-state index in [9.17, 15) is 4.79 Å². The van der Waals surface area contributed by atoms with Crippen molar-refractivity contribution in [2.24, 2.45) is 5.73 Å². The van der Waals surface area contributed by atoms with Crippen molar-refractivity contribution in [1.29, 1.82) is 0 Å². The van der Waals surface area contributed by atoms with Crippen LogP contribution in [0.1, 0.15) is 16.1 Å². The van der Waals surface area contributed by atoms with Gasteiger partial charge in [0.25, 0.3) is 0 Å². The molecule has 0 aliphatic heterocycles. The topological polar surface area (TPSA) is 92.0 Å². The van der Waals surface area contributed by atoms with Crippen LogP contribution in [0.15, 0.2) is 30.5 Å². The van der Waals surface area contributed by atoms with Crippen molar-refractivity contribution in [3.63, 3.8) is 0 Å². The minimum absolute atomic E-state index is 0.0711. The summed E-state index contributed by atoms with van der Waals surface area (Å²) in [4.78, 5) is 17.5. The molecule has 0 aliphatic carbocycles. The van der Waals surface area contributed by atoms with E-state index in [1.165, 1.54) is 6.20 Å². The number of carboxylic acid groups (broad SMARTS) is 1. The van der Waals surface area contributed by atoms with Gasteiger partial charge in [-0.2, -0.15) is 0 Å². The Hall–Kier alpha value is -2.14. The summed E-state index contributed by atoms with van der Waals surface area (Å²) < 4.78 is 0. The minimum Gasteiger partial charge on any atom is -0.477 e. The number of imidazole rings is 1. The zero-order valence-corrected chi connectivity index (χ0v) is 8.47. The van der Waals surface area contributed by atoms with Crippen LogP contribution in [0.25, 0.3) is 11.4 Å². The Morgan fingerprint density at radius 3 is 2.81 bits per heavy atom. The van der Waals surface area contributed by atoms with E-state index in [0.29, 0.717) is 12.4 Å². The average molecular weight is 217 g/mol. The molecule has 16 heavy (non-hydrogen) atoms. The van der Waals surface area contributed by atoms with Gasteiger partial charge in [0.1, 0.15) is 11.5 Å². The first kappa shape index (κ1) is 10.4. The summed E-state index contributed by atoms with van der Waals surface area (Å²) in [7, 11) is 0. The van der Waals surface area contributed by atoms with Gasteiger partial charge in [-0.15, -0.1) is 0 Å². The van der Waals surface area contributed by atoms with Crippen LogP contribution >= 0.6 is 0 Å². The highest BCUT2D eigenvalue weighted by molar-refractivity contribution is 5.86. The number of hydrogen-bond donors (Lipinski definition) is 3. The standard InChI is InChI=1S/C11H11N3O2/c12-5-7-3-1-2-4-8(7)10-13-6-9(14-10)11(15)16/h1-4,6H,5,12H2,(H,13,14)(H,15,16). The predicted molar refractivity (Wildman–Crippen MR) is 58.9 cm³/mol. The van der Waals surface area contributed by atoms with Crippen LogP contribution in [0.5, 0.6) is 0 Å². The number of benzene rings is 1. The number of rotatable bonds is 3. The van der Waals surface area contributed by atoms with Crippen molar-refractivity contribution in [2.45, 2.75) is 6.54 Å². The highest BCUT2D eigenvalue weighted by atomic mass is 16.4. The molecule has 1 heterocycles. The normalized spacial score (nSPS) is 10.3. The van der Waals surface area contributed by atoms with E-state index in [2.05, 4.69) is 9.97 Å². The van der Waals surface area contributed by atoms with Gasteiger partial charge in [-0.05, 0) is 5.56 Å².